The molecule has 0 bridgehead atoms. The van der Waals surface area contributed by atoms with Gasteiger partial charge >= 0.3 is 6.03 Å². The molecule has 0 saturated carbocycles. The minimum atomic E-state index is -0.359. The zero-order chi connectivity index (χ0) is 18.0. The summed E-state index contributed by atoms with van der Waals surface area (Å²) < 4.78 is 0. The van der Waals surface area contributed by atoms with Crippen LogP contribution in [0.5, 0.6) is 0 Å². The van der Waals surface area contributed by atoms with Gasteiger partial charge in [-0.3, -0.25) is 5.32 Å². The molecule has 1 aromatic carbocycles. The summed E-state index contributed by atoms with van der Waals surface area (Å²) >= 11 is 7.47. The summed E-state index contributed by atoms with van der Waals surface area (Å²) in [4.78, 5) is 14.4. The molecule has 2 heterocycles. The number of carbonyl (C=O) groups excluding carboxylic acids is 1. The molecular formula is C17H22ClN5OS. The molecule has 1 fully saturated rings. The Hall–Kier alpha value is -1.86. The quantitative estimate of drug-likeness (QED) is 0.794. The van der Waals surface area contributed by atoms with Crippen molar-refractivity contribution >= 4 is 44.9 Å². The van der Waals surface area contributed by atoms with Gasteiger partial charge < -0.3 is 10.2 Å². The average Bonchev–Trinajstić information content (AvgIpc) is 2.98. The van der Waals surface area contributed by atoms with E-state index in [0.29, 0.717) is 27.9 Å². The largest absolute Gasteiger partial charge is 0.341 e. The summed E-state index contributed by atoms with van der Waals surface area (Å²) in [6, 6.07) is 5.91. The SMILES string of the molecule is Cc1ccc(NC(=O)Nc2nnc(N3C(C)CCCC3C)s2)cc1Cl. The van der Waals surface area contributed by atoms with Crippen molar-refractivity contribution in [1.29, 1.82) is 0 Å². The first-order chi connectivity index (χ1) is 11.9. The Morgan fingerprint density at radius 3 is 2.64 bits per heavy atom. The maximum Gasteiger partial charge on any atom is 0.325 e. The highest BCUT2D eigenvalue weighted by molar-refractivity contribution is 7.19. The second-order valence-corrected chi connectivity index (χ2v) is 7.83. The number of hydrogen-bond acceptors (Lipinski definition) is 5. The Labute approximate surface area is 156 Å². The molecule has 1 aliphatic rings. The zero-order valence-corrected chi connectivity index (χ0v) is 16.1. The second kappa shape index (κ2) is 7.58. The van der Waals surface area contributed by atoms with E-state index in [1.807, 2.05) is 19.1 Å². The Balaban J connectivity index is 1.64. The third-order valence-electron chi connectivity index (χ3n) is 4.48. The predicted molar refractivity (Wildman–Crippen MR) is 104 cm³/mol. The van der Waals surface area contributed by atoms with Crippen LogP contribution in [0.15, 0.2) is 18.2 Å². The van der Waals surface area contributed by atoms with Crippen molar-refractivity contribution in [2.24, 2.45) is 0 Å². The number of hydrogen-bond donors (Lipinski definition) is 2. The lowest BCUT2D eigenvalue weighted by molar-refractivity contribution is 0.262. The first-order valence-electron chi connectivity index (χ1n) is 8.40. The monoisotopic (exact) mass is 379 g/mol. The molecule has 2 aromatic rings. The van der Waals surface area contributed by atoms with Crippen LogP contribution in [-0.2, 0) is 0 Å². The molecule has 0 aliphatic carbocycles. The van der Waals surface area contributed by atoms with Crippen LogP contribution in [0.25, 0.3) is 0 Å². The number of aromatic nitrogens is 2. The molecule has 0 radical (unpaired) electrons. The van der Waals surface area contributed by atoms with Gasteiger partial charge in [0.25, 0.3) is 0 Å². The predicted octanol–water partition coefficient (Wildman–Crippen LogP) is 4.91. The molecule has 1 aromatic heterocycles. The highest BCUT2D eigenvalue weighted by Gasteiger charge is 2.27. The van der Waals surface area contributed by atoms with E-state index in [1.54, 1.807) is 6.07 Å². The molecule has 3 rings (SSSR count). The number of nitrogens with one attached hydrogen (secondary N) is 2. The van der Waals surface area contributed by atoms with Gasteiger partial charge in [-0.15, -0.1) is 10.2 Å². The van der Waals surface area contributed by atoms with E-state index in [-0.39, 0.29) is 6.03 Å². The first-order valence-corrected chi connectivity index (χ1v) is 9.59. The van der Waals surface area contributed by atoms with Crippen molar-refractivity contribution in [3.63, 3.8) is 0 Å². The maximum absolute atomic E-state index is 12.2. The molecule has 0 spiro atoms. The number of halogens is 1. The second-order valence-electron chi connectivity index (χ2n) is 6.47. The molecule has 2 unspecified atom stereocenters. The summed E-state index contributed by atoms with van der Waals surface area (Å²) in [6.45, 7) is 6.33. The Bertz CT molecular complexity index is 755. The molecule has 2 N–H and O–H groups in total. The number of nitrogens with zero attached hydrogens (tertiary/aromatic N) is 3. The van der Waals surface area contributed by atoms with Gasteiger partial charge in [0.05, 0.1) is 0 Å². The molecule has 1 aliphatic heterocycles. The van der Waals surface area contributed by atoms with Gasteiger partial charge in [0.15, 0.2) is 0 Å². The first kappa shape index (κ1) is 17.9. The molecule has 1 saturated heterocycles. The van der Waals surface area contributed by atoms with Crippen LogP contribution in [-0.4, -0.2) is 28.3 Å². The molecule has 2 atom stereocenters. The van der Waals surface area contributed by atoms with Gasteiger partial charge in [0.1, 0.15) is 0 Å². The van der Waals surface area contributed by atoms with E-state index in [1.165, 1.54) is 17.8 Å². The molecule has 25 heavy (non-hydrogen) atoms. The van der Waals surface area contributed by atoms with Crippen molar-refractivity contribution in [2.45, 2.75) is 52.1 Å². The van der Waals surface area contributed by atoms with Crippen LogP contribution < -0.4 is 15.5 Å². The van der Waals surface area contributed by atoms with E-state index in [0.717, 1.165) is 23.5 Å². The van der Waals surface area contributed by atoms with Crippen LogP contribution >= 0.6 is 22.9 Å². The van der Waals surface area contributed by atoms with Crippen LogP contribution in [0.4, 0.5) is 20.7 Å². The van der Waals surface area contributed by atoms with E-state index in [9.17, 15) is 4.79 Å². The fourth-order valence-corrected chi connectivity index (χ4v) is 4.22. The lowest BCUT2D eigenvalue weighted by atomic mass is 9.98. The number of benzene rings is 1. The van der Waals surface area contributed by atoms with Crippen molar-refractivity contribution in [3.8, 4) is 0 Å². The Morgan fingerprint density at radius 1 is 1.24 bits per heavy atom. The van der Waals surface area contributed by atoms with E-state index in [4.69, 9.17) is 11.6 Å². The van der Waals surface area contributed by atoms with Crippen molar-refractivity contribution < 1.29 is 4.79 Å². The maximum atomic E-state index is 12.2. The number of piperidine rings is 1. The van der Waals surface area contributed by atoms with E-state index >= 15 is 0 Å². The van der Waals surface area contributed by atoms with E-state index in [2.05, 4.69) is 39.6 Å². The molecule has 2 amide bonds. The zero-order valence-electron chi connectivity index (χ0n) is 14.5. The van der Waals surface area contributed by atoms with Crippen LogP contribution in [0.2, 0.25) is 5.02 Å². The summed E-state index contributed by atoms with van der Waals surface area (Å²) in [5.74, 6) is 0. The minimum absolute atomic E-state index is 0.359. The molecule has 134 valence electrons. The normalized spacial score (nSPS) is 20.4. The average molecular weight is 380 g/mol. The van der Waals surface area contributed by atoms with Gasteiger partial charge in [0.2, 0.25) is 10.3 Å². The standard InChI is InChI=1S/C17H22ClN5OS/c1-10-7-8-13(9-14(10)18)19-15(24)20-16-21-22-17(25-16)23-11(2)5-4-6-12(23)3/h7-9,11-12H,4-6H2,1-3H3,(H2,19,20,21,24). The third kappa shape index (κ3) is 4.22. The minimum Gasteiger partial charge on any atom is -0.341 e. The van der Waals surface area contributed by atoms with Crippen molar-refractivity contribution in [3.05, 3.63) is 28.8 Å². The van der Waals surface area contributed by atoms with Gasteiger partial charge in [-0.05, 0) is 57.7 Å². The summed E-state index contributed by atoms with van der Waals surface area (Å²) in [7, 11) is 0. The number of aryl methyl sites for hydroxylation is 1. The van der Waals surface area contributed by atoms with Gasteiger partial charge in [-0.1, -0.05) is 29.0 Å². The van der Waals surface area contributed by atoms with E-state index < -0.39 is 0 Å². The molecule has 8 heteroatoms. The number of carbonyl (C=O) groups is 1. The van der Waals surface area contributed by atoms with Crippen molar-refractivity contribution in [1.82, 2.24) is 10.2 Å². The number of rotatable bonds is 3. The summed E-state index contributed by atoms with van der Waals surface area (Å²) in [5, 5.41) is 15.8. The highest BCUT2D eigenvalue weighted by atomic mass is 35.5. The van der Waals surface area contributed by atoms with Crippen LogP contribution in [0, 0.1) is 6.92 Å². The van der Waals surface area contributed by atoms with Crippen molar-refractivity contribution in [2.75, 3.05) is 15.5 Å². The lowest BCUT2D eigenvalue weighted by Crippen LogP contribution is -2.43. The number of urea groups is 1. The summed E-state index contributed by atoms with van der Waals surface area (Å²) in [5.41, 5.74) is 1.60. The Morgan fingerprint density at radius 2 is 1.96 bits per heavy atom. The summed E-state index contributed by atoms with van der Waals surface area (Å²) in [6.07, 6.45) is 3.55. The highest BCUT2D eigenvalue weighted by Crippen LogP contribution is 2.32. The van der Waals surface area contributed by atoms with Gasteiger partial charge in [-0.25, -0.2) is 4.79 Å². The van der Waals surface area contributed by atoms with Gasteiger partial charge in [0, 0.05) is 22.8 Å². The Kier molecular flexibility index (Phi) is 5.44. The fraction of sp³-hybridized carbons (Fsp3) is 0.471. The fourth-order valence-electron chi connectivity index (χ4n) is 3.10. The number of anilines is 3. The lowest BCUT2D eigenvalue weighted by Gasteiger charge is -2.38. The topological polar surface area (TPSA) is 70.1 Å². The smallest absolute Gasteiger partial charge is 0.325 e. The molecule has 6 nitrogen and oxygen atoms in total. The van der Waals surface area contributed by atoms with Crippen LogP contribution in [0.1, 0.15) is 38.7 Å². The molecular weight excluding hydrogens is 358 g/mol. The van der Waals surface area contributed by atoms with Gasteiger partial charge in [-0.2, -0.15) is 0 Å². The third-order valence-corrected chi connectivity index (χ3v) is 5.74. The number of amides is 2. The van der Waals surface area contributed by atoms with Crippen LogP contribution in [0.3, 0.4) is 0 Å².